The van der Waals surface area contributed by atoms with E-state index >= 15 is 0 Å². The molecule has 0 aromatic rings. The fourth-order valence-corrected chi connectivity index (χ4v) is 3.47. The van der Waals surface area contributed by atoms with Crippen LogP contribution in [0.2, 0.25) is 0 Å². The lowest BCUT2D eigenvalue weighted by molar-refractivity contribution is -0.148. The summed E-state index contributed by atoms with van der Waals surface area (Å²) in [7, 11) is 0. The van der Waals surface area contributed by atoms with Gasteiger partial charge >= 0.3 is 17.9 Å². The third-order valence-corrected chi connectivity index (χ3v) is 5.16. The Hall–Kier alpha value is -2.71. The molecule has 8 nitrogen and oxygen atoms in total. The van der Waals surface area contributed by atoms with Crippen LogP contribution in [0.3, 0.4) is 0 Å². The van der Waals surface area contributed by atoms with Gasteiger partial charge in [0.2, 0.25) is 0 Å². The fourth-order valence-electron chi connectivity index (χ4n) is 3.47. The number of ether oxygens (including phenoxy) is 3. The maximum Gasteiger partial charge on any atom is 0.337 e. The molecule has 0 aromatic heterocycles. The summed E-state index contributed by atoms with van der Waals surface area (Å²) in [5, 5.41) is 20.5. The second-order valence-electron chi connectivity index (χ2n) is 7.52. The smallest absolute Gasteiger partial charge is 0.337 e. The number of fused-ring (bicyclic) bond motifs is 1. The average Bonchev–Trinajstić information content (AvgIpc) is 2.93. The molecule has 0 aromatic carbocycles. The number of aliphatic hydroxyl groups excluding tert-OH is 2. The van der Waals surface area contributed by atoms with Gasteiger partial charge in [-0.2, -0.15) is 0 Å². The number of carbonyl (C=O) groups is 3. The Labute approximate surface area is 175 Å². The number of rotatable bonds is 4. The minimum absolute atomic E-state index is 0.151. The van der Waals surface area contributed by atoms with Gasteiger partial charge in [-0.3, -0.25) is 4.79 Å². The van der Waals surface area contributed by atoms with E-state index in [9.17, 15) is 24.6 Å². The molecular formula is C22H28O8. The van der Waals surface area contributed by atoms with E-state index in [0.717, 1.165) is 0 Å². The lowest BCUT2D eigenvalue weighted by Gasteiger charge is -2.29. The molecule has 2 rings (SSSR count). The number of hydrogen-bond acceptors (Lipinski definition) is 8. The quantitative estimate of drug-likeness (QED) is 0.304. The number of carbonyl (C=O) groups excluding carboxylic acids is 3. The lowest BCUT2D eigenvalue weighted by Crippen LogP contribution is -2.36. The molecule has 2 aliphatic rings. The second-order valence-corrected chi connectivity index (χ2v) is 7.52. The van der Waals surface area contributed by atoms with Crippen LogP contribution in [0.5, 0.6) is 0 Å². The summed E-state index contributed by atoms with van der Waals surface area (Å²) in [5.74, 6) is -2.51. The van der Waals surface area contributed by atoms with Crippen molar-refractivity contribution in [2.45, 2.75) is 58.5 Å². The van der Waals surface area contributed by atoms with E-state index in [0.29, 0.717) is 11.1 Å². The zero-order valence-electron chi connectivity index (χ0n) is 17.6. The minimum atomic E-state index is -1.16. The molecule has 8 heteroatoms. The topological polar surface area (TPSA) is 119 Å². The van der Waals surface area contributed by atoms with Crippen molar-refractivity contribution in [3.63, 3.8) is 0 Å². The van der Waals surface area contributed by atoms with Crippen LogP contribution in [-0.4, -0.2) is 59.1 Å². The van der Waals surface area contributed by atoms with Gasteiger partial charge in [-0.15, -0.1) is 0 Å². The van der Waals surface area contributed by atoms with Crippen molar-refractivity contribution < 1.29 is 38.8 Å². The molecule has 30 heavy (non-hydrogen) atoms. The molecule has 1 aliphatic heterocycles. The van der Waals surface area contributed by atoms with Gasteiger partial charge in [-0.1, -0.05) is 24.3 Å². The Morgan fingerprint density at radius 3 is 2.57 bits per heavy atom. The highest BCUT2D eigenvalue weighted by Gasteiger charge is 2.45. The maximum absolute atomic E-state index is 12.7. The molecule has 164 valence electrons. The van der Waals surface area contributed by atoms with E-state index < -0.39 is 48.2 Å². The van der Waals surface area contributed by atoms with Crippen LogP contribution in [0.4, 0.5) is 0 Å². The summed E-state index contributed by atoms with van der Waals surface area (Å²) in [6, 6.07) is 0. The number of aliphatic hydroxyl groups is 2. The summed E-state index contributed by atoms with van der Waals surface area (Å²) >= 11 is 0. The second kappa shape index (κ2) is 9.86. The molecular weight excluding hydrogens is 392 g/mol. The molecule has 2 N–H and O–H groups in total. The van der Waals surface area contributed by atoms with Crippen molar-refractivity contribution in [1.29, 1.82) is 0 Å². The highest BCUT2D eigenvalue weighted by atomic mass is 16.6. The Balaban J connectivity index is 2.38. The monoisotopic (exact) mass is 420 g/mol. The van der Waals surface area contributed by atoms with Gasteiger partial charge in [0.25, 0.3) is 0 Å². The first-order valence-corrected chi connectivity index (χ1v) is 9.66. The van der Waals surface area contributed by atoms with Crippen molar-refractivity contribution >= 4 is 17.9 Å². The predicted octanol–water partition coefficient (Wildman–Crippen LogP) is 1.52. The Bertz CT molecular complexity index is 819. The van der Waals surface area contributed by atoms with E-state index in [1.807, 2.05) is 0 Å². The van der Waals surface area contributed by atoms with Crippen LogP contribution in [-0.2, 0) is 28.6 Å². The van der Waals surface area contributed by atoms with Crippen LogP contribution in [0.1, 0.15) is 34.1 Å². The van der Waals surface area contributed by atoms with E-state index in [-0.39, 0.29) is 24.2 Å². The molecule has 1 saturated heterocycles. The van der Waals surface area contributed by atoms with E-state index in [1.54, 1.807) is 26.8 Å². The zero-order chi connectivity index (χ0) is 22.6. The van der Waals surface area contributed by atoms with Gasteiger partial charge < -0.3 is 24.4 Å². The molecule has 0 radical (unpaired) electrons. The normalized spacial score (nSPS) is 29.9. The standard InChI is InChI=1S/C22H28O8/c1-6-15(10-28-14(5)23)22(27)30-17-8-11(2)7-16(24)20(25)12(3)9-18-19(17)13(4)21(26)29-18/h6-7,9,16-20,24-25H,4,8,10H2,1-3,5H3/t16-,17+,18+,19+,20-/m0/s1. The minimum Gasteiger partial charge on any atom is -0.461 e. The average molecular weight is 420 g/mol. The summed E-state index contributed by atoms with van der Waals surface area (Å²) in [6.45, 7) is 9.76. The molecule has 5 atom stereocenters. The van der Waals surface area contributed by atoms with Crippen molar-refractivity contribution in [3.8, 4) is 0 Å². The third kappa shape index (κ3) is 5.46. The van der Waals surface area contributed by atoms with Gasteiger partial charge in [-0.05, 0) is 32.4 Å². The first kappa shape index (κ1) is 23.6. The molecule has 0 unspecified atom stereocenters. The molecule has 0 amide bonds. The fraction of sp³-hybridized carbons (Fsp3) is 0.500. The molecule has 0 spiro atoms. The summed E-state index contributed by atoms with van der Waals surface area (Å²) in [5.41, 5.74) is 1.38. The molecule has 1 fully saturated rings. The van der Waals surface area contributed by atoms with Gasteiger partial charge in [0, 0.05) is 18.9 Å². The van der Waals surface area contributed by atoms with Gasteiger partial charge in [-0.25, -0.2) is 9.59 Å². The number of allylic oxidation sites excluding steroid dienone is 1. The Kier molecular flexibility index (Phi) is 7.75. The van der Waals surface area contributed by atoms with Crippen molar-refractivity contribution in [3.05, 3.63) is 47.1 Å². The van der Waals surface area contributed by atoms with Crippen LogP contribution in [0, 0.1) is 5.92 Å². The first-order chi connectivity index (χ1) is 14.0. The SMILES string of the molecule is C=C1C(=O)O[C@@H]2C=C(C)[C@H](O)[C@@H](O)C=C(C)C[C@@H](OC(=O)C(=CC)COC(C)=O)[C@@H]12. The summed E-state index contributed by atoms with van der Waals surface area (Å²) in [6.07, 6.45) is 0.744. The first-order valence-electron chi connectivity index (χ1n) is 9.66. The Morgan fingerprint density at radius 1 is 1.30 bits per heavy atom. The van der Waals surface area contributed by atoms with Crippen molar-refractivity contribution in [2.24, 2.45) is 5.92 Å². The number of hydrogen-bond donors (Lipinski definition) is 2. The van der Waals surface area contributed by atoms with Crippen molar-refractivity contribution in [1.82, 2.24) is 0 Å². The summed E-state index contributed by atoms with van der Waals surface area (Å²) < 4.78 is 16.0. The van der Waals surface area contributed by atoms with Crippen LogP contribution < -0.4 is 0 Å². The van der Waals surface area contributed by atoms with Crippen LogP contribution in [0.25, 0.3) is 0 Å². The zero-order valence-corrected chi connectivity index (χ0v) is 17.6. The highest BCUT2D eigenvalue weighted by Crippen LogP contribution is 2.36. The Morgan fingerprint density at radius 2 is 1.97 bits per heavy atom. The van der Waals surface area contributed by atoms with E-state index in [1.165, 1.54) is 19.1 Å². The van der Waals surface area contributed by atoms with Crippen LogP contribution >= 0.6 is 0 Å². The van der Waals surface area contributed by atoms with E-state index in [2.05, 4.69) is 6.58 Å². The molecule has 0 saturated carbocycles. The van der Waals surface area contributed by atoms with Gasteiger partial charge in [0.05, 0.1) is 11.5 Å². The predicted molar refractivity (Wildman–Crippen MR) is 107 cm³/mol. The molecule has 1 aliphatic carbocycles. The molecule has 0 bridgehead atoms. The largest absolute Gasteiger partial charge is 0.461 e. The maximum atomic E-state index is 12.7. The summed E-state index contributed by atoms with van der Waals surface area (Å²) in [4.78, 5) is 36.0. The van der Waals surface area contributed by atoms with Gasteiger partial charge in [0.1, 0.15) is 31.0 Å². The number of esters is 3. The van der Waals surface area contributed by atoms with Crippen molar-refractivity contribution in [2.75, 3.05) is 6.61 Å². The van der Waals surface area contributed by atoms with Gasteiger partial charge in [0.15, 0.2) is 0 Å². The lowest BCUT2D eigenvalue weighted by atomic mass is 9.84. The highest BCUT2D eigenvalue weighted by molar-refractivity contribution is 5.92. The van der Waals surface area contributed by atoms with E-state index in [4.69, 9.17) is 14.2 Å². The third-order valence-electron chi connectivity index (χ3n) is 5.16. The van der Waals surface area contributed by atoms with Crippen LogP contribution in [0.15, 0.2) is 47.1 Å². The molecule has 1 heterocycles.